The second-order valence-electron chi connectivity index (χ2n) is 3.95. The summed E-state index contributed by atoms with van der Waals surface area (Å²) >= 11 is 0. The van der Waals surface area contributed by atoms with Crippen LogP contribution in [-0.2, 0) is 0 Å². The Kier molecular flexibility index (Phi) is 4.88. The van der Waals surface area contributed by atoms with Crippen LogP contribution in [0.15, 0.2) is 0 Å². The number of hydrogen-bond donors (Lipinski definition) is 2. The number of nitrogens with zero attached hydrogens (tertiary/aromatic N) is 4. The van der Waals surface area contributed by atoms with Crippen LogP contribution in [-0.4, -0.2) is 32.5 Å². The highest BCUT2D eigenvalue weighted by molar-refractivity contribution is 5.26. The van der Waals surface area contributed by atoms with Crippen LogP contribution in [0, 0.1) is 0 Å². The van der Waals surface area contributed by atoms with E-state index in [1.807, 2.05) is 0 Å². The maximum atomic E-state index is 3.96. The average molecular weight is 224 g/mol. The van der Waals surface area contributed by atoms with Gasteiger partial charge in [-0.25, -0.2) is 0 Å². The van der Waals surface area contributed by atoms with E-state index in [1.54, 1.807) is 0 Å². The molecule has 0 radical (unpaired) electrons. The summed E-state index contributed by atoms with van der Waals surface area (Å²) in [5, 5.41) is 22.0. The van der Waals surface area contributed by atoms with Crippen molar-refractivity contribution >= 4 is 11.9 Å². The van der Waals surface area contributed by atoms with Crippen molar-refractivity contribution < 1.29 is 0 Å². The van der Waals surface area contributed by atoms with E-state index in [0.29, 0.717) is 24.0 Å². The molecule has 6 heteroatoms. The quantitative estimate of drug-likeness (QED) is 0.765. The summed E-state index contributed by atoms with van der Waals surface area (Å²) in [4.78, 5) is 0. The first-order valence-electron chi connectivity index (χ1n) is 5.76. The van der Waals surface area contributed by atoms with Crippen LogP contribution in [0.3, 0.4) is 0 Å². The van der Waals surface area contributed by atoms with Gasteiger partial charge in [-0.1, -0.05) is 13.8 Å². The summed E-state index contributed by atoms with van der Waals surface area (Å²) in [7, 11) is 0. The van der Waals surface area contributed by atoms with Crippen LogP contribution in [0.25, 0.3) is 0 Å². The molecule has 1 aromatic rings. The molecule has 2 atom stereocenters. The molecule has 0 saturated heterocycles. The molecule has 0 amide bonds. The average Bonchev–Trinajstić information content (AvgIpc) is 2.31. The van der Waals surface area contributed by atoms with Crippen molar-refractivity contribution in [2.24, 2.45) is 0 Å². The topological polar surface area (TPSA) is 75.6 Å². The molecule has 1 aromatic heterocycles. The molecule has 16 heavy (non-hydrogen) atoms. The van der Waals surface area contributed by atoms with E-state index in [1.165, 1.54) is 0 Å². The van der Waals surface area contributed by atoms with E-state index >= 15 is 0 Å². The molecule has 0 unspecified atom stereocenters. The molecule has 6 nitrogen and oxygen atoms in total. The van der Waals surface area contributed by atoms with Crippen LogP contribution >= 0.6 is 0 Å². The zero-order valence-corrected chi connectivity index (χ0v) is 10.4. The lowest BCUT2D eigenvalue weighted by Gasteiger charge is -2.11. The molecule has 0 aliphatic heterocycles. The Balaban J connectivity index is 2.54. The summed E-state index contributed by atoms with van der Waals surface area (Å²) in [6, 6.07) is 0.661. The first kappa shape index (κ1) is 12.6. The van der Waals surface area contributed by atoms with E-state index in [4.69, 9.17) is 0 Å². The molecule has 0 aliphatic carbocycles. The summed E-state index contributed by atoms with van der Waals surface area (Å²) in [6.45, 7) is 8.32. The molecule has 1 rings (SSSR count). The molecular weight excluding hydrogens is 204 g/mol. The summed E-state index contributed by atoms with van der Waals surface area (Å²) in [5.41, 5.74) is 0. The normalized spacial score (nSPS) is 14.2. The number of rotatable bonds is 6. The monoisotopic (exact) mass is 224 g/mol. The van der Waals surface area contributed by atoms with E-state index in [2.05, 4.69) is 58.7 Å². The second kappa shape index (κ2) is 6.19. The third kappa shape index (κ3) is 3.96. The van der Waals surface area contributed by atoms with Crippen LogP contribution in [0.2, 0.25) is 0 Å². The number of hydrogen-bond acceptors (Lipinski definition) is 6. The number of nitrogens with one attached hydrogen (secondary N) is 2. The molecule has 0 aromatic carbocycles. The molecule has 0 bridgehead atoms. The Bertz CT molecular complexity index is 268. The van der Waals surface area contributed by atoms with Gasteiger partial charge in [-0.2, -0.15) is 0 Å². The van der Waals surface area contributed by atoms with Gasteiger partial charge in [-0.15, -0.1) is 20.4 Å². The van der Waals surface area contributed by atoms with Crippen molar-refractivity contribution in [1.29, 1.82) is 0 Å². The van der Waals surface area contributed by atoms with Crippen LogP contribution in [0.5, 0.6) is 0 Å². The number of aromatic nitrogens is 4. The van der Waals surface area contributed by atoms with Crippen molar-refractivity contribution in [3.63, 3.8) is 0 Å². The molecule has 0 saturated carbocycles. The predicted molar refractivity (Wildman–Crippen MR) is 64.4 cm³/mol. The Morgan fingerprint density at radius 3 is 1.38 bits per heavy atom. The van der Waals surface area contributed by atoms with E-state index < -0.39 is 0 Å². The van der Waals surface area contributed by atoms with Gasteiger partial charge >= 0.3 is 0 Å². The Morgan fingerprint density at radius 1 is 0.812 bits per heavy atom. The van der Waals surface area contributed by atoms with Crippen molar-refractivity contribution in [3.8, 4) is 0 Å². The molecule has 0 spiro atoms. The van der Waals surface area contributed by atoms with Crippen molar-refractivity contribution in [1.82, 2.24) is 20.4 Å². The maximum absolute atomic E-state index is 3.96. The lowest BCUT2D eigenvalue weighted by molar-refractivity contribution is 0.716. The summed E-state index contributed by atoms with van der Waals surface area (Å²) in [6.07, 6.45) is 2.02. The zero-order chi connectivity index (χ0) is 12.0. The molecule has 1 heterocycles. The van der Waals surface area contributed by atoms with E-state index in [-0.39, 0.29) is 0 Å². The minimum absolute atomic E-state index is 0.331. The van der Waals surface area contributed by atoms with E-state index in [0.717, 1.165) is 12.8 Å². The lowest BCUT2D eigenvalue weighted by Crippen LogP contribution is -2.20. The smallest absolute Gasteiger partial charge is 0.262 e. The van der Waals surface area contributed by atoms with Gasteiger partial charge in [-0.05, 0) is 26.7 Å². The summed E-state index contributed by atoms with van der Waals surface area (Å²) in [5.74, 6) is 0.952. The predicted octanol–water partition coefficient (Wildman–Crippen LogP) is 1.69. The Labute approximate surface area is 96.3 Å². The minimum Gasteiger partial charge on any atom is -0.349 e. The fourth-order valence-corrected chi connectivity index (χ4v) is 0.990. The van der Waals surface area contributed by atoms with Gasteiger partial charge in [0.2, 0.25) is 0 Å². The van der Waals surface area contributed by atoms with Gasteiger partial charge < -0.3 is 10.6 Å². The summed E-state index contributed by atoms with van der Waals surface area (Å²) < 4.78 is 0. The van der Waals surface area contributed by atoms with Gasteiger partial charge in [0.1, 0.15) is 0 Å². The first-order valence-corrected chi connectivity index (χ1v) is 5.76. The van der Waals surface area contributed by atoms with Gasteiger partial charge in [-0.3, -0.25) is 0 Å². The number of anilines is 2. The van der Waals surface area contributed by atoms with Crippen LogP contribution in [0.1, 0.15) is 40.5 Å². The van der Waals surface area contributed by atoms with E-state index in [9.17, 15) is 0 Å². The van der Waals surface area contributed by atoms with Gasteiger partial charge in [0.25, 0.3) is 11.9 Å². The molecule has 90 valence electrons. The molecule has 2 N–H and O–H groups in total. The van der Waals surface area contributed by atoms with Crippen molar-refractivity contribution in [2.45, 2.75) is 52.6 Å². The highest BCUT2D eigenvalue weighted by Gasteiger charge is 2.05. The lowest BCUT2D eigenvalue weighted by atomic mass is 10.3. The van der Waals surface area contributed by atoms with Crippen LogP contribution in [0.4, 0.5) is 11.9 Å². The van der Waals surface area contributed by atoms with Crippen molar-refractivity contribution in [2.75, 3.05) is 10.6 Å². The largest absolute Gasteiger partial charge is 0.349 e. The zero-order valence-electron chi connectivity index (χ0n) is 10.4. The maximum Gasteiger partial charge on any atom is 0.262 e. The van der Waals surface area contributed by atoms with Gasteiger partial charge in [0.05, 0.1) is 0 Å². The Morgan fingerprint density at radius 2 is 1.12 bits per heavy atom. The standard InChI is InChI=1S/C10H20N6/c1-5-7(3)11-9-13-15-10(16-14-9)12-8(4)6-2/h7-8H,5-6H2,1-4H3,(H,11,13,14)(H,12,15,16)/t7-,8-/m1/s1. The first-order chi connectivity index (χ1) is 7.65. The third-order valence-corrected chi connectivity index (χ3v) is 2.45. The fourth-order valence-electron chi connectivity index (χ4n) is 0.990. The fraction of sp³-hybridized carbons (Fsp3) is 0.800. The minimum atomic E-state index is 0.331. The highest BCUT2D eigenvalue weighted by Crippen LogP contribution is 2.03. The SMILES string of the molecule is CC[C@@H](C)Nc1nnc(N[C@H](C)CC)nn1. The van der Waals surface area contributed by atoms with Gasteiger partial charge in [0.15, 0.2) is 0 Å². The second-order valence-corrected chi connectivity index (χ2v) is 3.95. The molecule has 0 fully saturated rings. The Hall–Kier alpha value is -1.46. The molecule has 0 aliphatic rings. The highest BCUT2D eigenvalue weighted by atomic mass is 15.4. The van der Waals surface area contributed by atoms with Crippen LogP contribution < -0.4 is 10.6 Å². The van der Waals surface area contributed by atoms with Gasteiger partial charge in [0, 0.05) is 12.1 Å². The van der Waals surface area contributed by atoms with Crippen molar-refractivity contribution in [3.05, 3.63) is 0 Å². The molecular formula is C10H20N6. The third-order valence-electron chi connectivity index (χ3n) is 2.45.